The second kappa shape index (κ2) is 7.65. The summed E-state index contributed by atoms with van der Waals surface area (Å²) < 4.78 is 4.96. The van der Waals surface area contributed by atoms with Crippen LogP contribution >= 0.6 is 0 Å². The standard InChI is InChI=1S/C12H19N3O2/c1-17-7-3-6-14-9-10-4-2-5-11(8-10)12(13)15-16/h2,4-5,8,14,16H,3,6-7,9H2,1H3,(H2,13,15). The van der Waals surface area contributed by atoms with Crippen molar-refractivity contribution in [1.29, 1.82) is 0 Å². The zero-order valence-electron chi connectivity index (χ0n) is 10.0. The molecule has 17 heavy (non-hydrogen) atoms. The molecular weight excluding hydrogens is 218 g/mol. The van der Waals surface area contributed by atoms with E-state index in [4.69, 9.17) is 15.7 Å². The highest BCUT2D eigenvalue weighted by Gasteiger charge is 2.00. The van der Waals surface area contributed by atoms with Gasteiger partial charge in [0, 0.05) is 25.8 Å². The average molecular weight is 237 g/mol. The number of nitrogens with two attached hydrogens (primary N) is 1. The van der Waals surface area contributed by atoms with Crippen molar-refractivity contribution >= 4 is 5.84 Å². The van der Waals surface area contributed by atoms with Crippen molar-refractivity contribution < 1.29 is 9.94 Å². The number of rotatable bonds is 7. The molecule has 0 aliphatic heterocycles. The van der Waals surface area contributed by atoms with E-state index in [1.165, 1.54) is 0 Å². The Morgan fingerprint density at radius 2 is 2.35 bits per heavy atom. The Morgan fingerprint density at radius 1 is 1.53 bits per heavy atom. The normalized spacial score (nSPS) is 11.7. The van der Waals surface area contributed by atoms with E-state index in [1.54, 1.807) is 7.11 Å². The Morgan fingerprint density at radius 3 is 3.06 bits per heavy atom. The number of methoxy groups -OCH3 is 1. The lowest BCUT2D eigenvalue weighted by atomic mass is 10.1. The molecule has 1 aromatic rings. The highest BCUT2D eigenvalue weighted by atomic mass is 16.5. The summed E-state index contributed by atoms with van der Waals surface area (Å²) in [6.45, 7) is 2.43. The highest BCUT2D eigenvalue weighted by molar-refractivity contribution is 5.97. The van der Waals surface area contributed by atoms with E-state index in [9.17, 15) is 0 Å². The Bertz CT molecular complexity index is 367. The second-order valence-corrected chi connectivity index (χ2v) is 3.71. The summed E-state index contributed by atoms with van der Waals surface area (Å²) in [5.41, 5.74) is 7.35. The number of oxime groups is 1. The Labute approximate surface area is 101 Å². The Balaban J connectivity index is 2.43. The smallest absolute Gasteiger partial charge is 0.170 e. The molecule has 1 rings (SSSR count). The van der Waals surface area contributed by atoms with Gasteiger partial charge < -0.3 is 21.0 Å². The average Bonchev–Trinajstić information content (AvgIpc) is 2.38. The SMILES string of the molecule is COCCCNCc1cccc(C(N)=NO)c1. The van der Waals surface area contributed by atoms with Crippen LogP contribution in [0.1, 0.15) is 17.5 Å². The molecule has 4 N–H and O–H groups in total. The van der Waals surface area contributed by atoms with Crippen LogP contribution in [0.5, 0.6) is 0 Å². The van der Waals surface area contributed by atoms with Crippen LogP contribution in [0.25, 0.3) is 0 Å². The van der Waals surface area contributed by atoms with Gasteiger partial charge in [-0.05, 0) is 24.6 Å². The molecule has 5 heteroatoms. The van der Waals surface area contributed by atoms with Crippen molar-refractivity contribution in [2.24, 2.45) is 10.9 Å². The van der Waals surface area contributed by atoms with Crippen LogP contribution in [0.15, 0.2) is 29.4 Å². The summed E-state index contributed by atoms with van der Waals surface area (Å²) >= 11 is 0. The molecule has 0 unspecified atom stereocenters. The number of ether oxygens (including phenoxy) is 1. The van der Waals surface area contributed by atoms with Gasteiger partial charge >= 0.3 is 0 Å². The molecule has 0 spiro atoms. The van der Waals surface area contributed by atoms with Gasteiger partial charge in [0.05, 0.1) is 0 Å². The molecule has 5 nitrogen and oxygen atoms in total. The summed E-state index contributed by atoms with van der Waals surface area (Å²) in [5.74, 6) is 0.131. The molecule has 0 saturated heterocycles. The minimum absolute atomic E-state index is 0.131. The van der Waals surface area contributed by atoms with E-state index in [-0.39, 0.29) is 5.84 Å². The first-order valence-corrected chi connectivity index (χ1v) is 5.54. The van der Waals surface area contributed by atoms with Gasteiger partial charge in [0.2, 0.25) is 0 Å². The minimum atomic E-state index is 0.131. The van der Waals surface area contributed by atoms with Crippen LogP contribution in [0.3, 0.4) is 0 Å². The molecule has 0 bridgehead atoms. The number of benzene rings is 1. The van der Waals surface area contributed by atoms with E-state index < -0.39 is 0 Å². The number of nitrogens with zero attached hydrogens (tertiary/aromatic N) is 1. The van der Waals surface area contributed by atoms with E-state index in [2.05, 4.69) is 10.5 Å². The fourth-order valence-corrected chi connectivity index (χ4v) is 1.47. The molecule has 0 aromatic heterocycles. The summed E-state index contributed by atoms with van der Waals surface area (Å²) in [4.78, 5) is 0. The zero-order chi connectivity index (χ0) is 12.5. The third-order valence-corrected chi connectivity index (χ3v) is 2.36. The molecule has 0 radical (unpaired) electrons. The van der Waals surface area contributed by atoms with Gasteiger partial charge in [0.1, 0.15) is 0 Å². The van der Waals surface area contributed by atoms with E-state index in [1.807, 2.05) is 24.3 Å². The number of nitrogens with one attached hydrogen (secondary N) is 1. The first-order valence-electron chi connectivity index (χ1n) is 5.54. The lowest BCUT2D eigenvalue weighted by Gasteiger charge is -2.06. The summed E-state index contributed by atoms with van der Waals surface area (Å²) in [5, 5.41) is 14.9. The van der Waals surface area contributed by atoms with Crippen molar-refractivity contribution in [1.82, 2.24) is 5.32 Å². The van der Waals surface area contributed by atoms with Crippen molar-refractivity contribution in [3.63, 3.8) is 0 Å². The highest BCUT2D eigenvalue weighted by Crippen LogP contribution is 2.04. The third-order valence-electron chi connectivity index (χ3n) is 2.36. The van der Waals surface area contributed by atoms with E-state index in [0.29, 0.717) is 0 Å². The van der Waals surface area contributed by atoms with Crippen molar-refractivity contribution in [2.75, 3.05) is 20.3 Å². The molecular formula is C12H19N3O2. The fraction of sp³-hybridized carbons (Fsp3) is 0.417. The second-order valence-electron chi connectivity index (χ2n) is 3.71. The number of hydrogen-bond acceptors (Lipinski definition) is 4. The van der Waals surface area contributed by atoms with Crippen LogP contribution in [0, 0.1) is 0 Å². The third kappa shape index (κ3) is 4.84. The Hall–Kier alpha value is -1.59. The molecule has 0 fully saturated rings. The topological polar surface area (TPSA) is 79.9 Å². The molecule has 94 valence electrons. The molecule has 1 aromatic carbocycles. The quantitative estimate of drug-likeness (QED) is 0.216. The minimum Gasteiger partial charge on any atom is -0.409 e. The lowest BCUT2D eigenvalue weighted by molar-refractivity contribution is 0.194. The van der Waals surface area contributed by atoms with Crippen LogP contribution in [-0.4, -0.2) is 31.3 Å². The van der Waals surface area contributed by atoms with Gasteiger partial charge in [-0.3, -0.25) is 0 Å². The van der Waals surface area contributed by atoms with Crippen LogP contribution < -0.4 is 11.1 Å². The maximum atomic E-state index is 8.59. The largest absolute Gasteiger partial charge is 0.409 e. The zero-order valence-corrected chi connectivity index (χ0v) is 10.0. The van der Waals surface area contributed by atoms with Gasteiger partial charge in [-0.25, -0.2) is 0 Å². The maximum absolute atomic E-state index is 8.59. The van der Waals surface area contributed by atoms with Gasteiger partial charge in [0.25, 0.3) is 0 Å². The fourth-order valence-electron chi connectivity index (χ4n) is 1.47. The van der Waals surface area contributed by atoms with E-state index in [0.717, 1.165) is 37.2 Å². The lowest BCUT2D eigenvalue weighted by Crippen LogP contribution is -2.17. The van der Waals surface area contributed by atoms with E-state index >= 15 is 0 Å². The van der Waals surface area contributed by atoms with Crippen LogP contribution in [0.4, 0.5) is 0 Å². The maximum Gasteiger partial charge on any atom is 0.170 e. The predicted octanol–water partition coefficient (Wildman–Crippen LogP) is 0.907. The Kier molecular flexibility index (Phi) is 6.06. The van der Waals surface area contributed by atoms with Gasteiger partial charge in [-0.2, -0.15) is 0 Å². The van der Waals surface area contributed by atoms with Crippen LogP contribution in [0.2, 0.25) is 0 Å². The summed E-state index contributed by atoms with van der Waals surface area (Å²) in [6, 6.07) is 7.60. The molecule has 0 amide bonds. The molecule has 0 heterocycles. The molecule has 0 aliphatic carbocycles. The van der Waals surface area contributed by atoms with Gasteiger partial charge in [0.15, 0.2) is 5.84 Å². The van der Waals surface area contributed by atoms with Crippen LogP contribution in [-0.2, 0) is 11.3 Å². The molecule has 0 saturated carbocycles. The summed E-state index contributed by atoms with van der Waals surface area (Å²) in [6.07, 6.45) is 0.983. The number of amidine groups is 1. The first kappa shape index (κ1) is 13.5. The molecule has 0 atom stereocenters. The predicted molar refractivity (Wildman–Crippen MR) is 67.2 cm³/mol. The number of hydrogen-bond donors (Lipinski definition) is 3. The van der Waals surface area contributed by atoms with Crippen molar-refractivity contribution in [3.8, 4) is 0 Å². The van der Waals surface area contributed by atoms with Crippen molar-refractivity contribution in [3.05, 3.63) is 35.4 Å². The van der Waals surface area contributed by atoms with Gasteiger partial charge in [-0.1, -0.05) is 23.4 Å². The molecule has 0 aliphatic rings. The van der Waals surface area contributed by atoms with Gasteiger partial charge in [-0.15, -0.1) is 0 Å². The first-order chi connectivity index (χ1) is 8.27. The monoisotopic (exact) mass is 237 g/mol. The summed E-state index contributed by atoms with van der Waals surface area (Å²) in [7, 11) is 1.69. The van der Waals surface area contributed by atoms with Crippen molar-refractivity contribution in [2.45, 2.75) is 13.0 Å².